The van der Waals surface area contributed by atoms with Gasteiger partial charge in [0.25, 0.3) is 0 Å². The number of nitrogens with two attached hydrogens (primary N) is 1. The Hall–Kier alpha value is -1.72. The fraction of sp³-hybridized carbons (Fsp3) is 0.385. The van der Waals surface area contributed by atoms with Crippen molar-refractivity contribution in [3.63, 3.8) is 0 Å². The summed E-state index contributed by atoms with van der Waals surface area (Å²) in [6, 6.07) is 4.85. The van der Waals surface area contributed by atoms with E-state index >= 15 is 0 Å². The molecule has 0 heterocycles. The van der Waals surface area contributed by atoms with E-state index < -0.39 is 18.1 Å². The first kappa shape index (κ1) is 14.3. The van der Waals surface area contributed by atoms with E-state index in [4.69, 9.17) is 5.73 Å². The van der Waals surface area contributed by atoms with Gasteiger partial charge in [0.15, 0.2) is 5.78 Å². The van der Waals surface area contributed by atoms with Crippen molar-refractivity contribution < 1.29 is 19.8 Å². The second kappa shape index (κ2) is 5.75. The Bertz CT molecular complexity index is 470. The van der Waals surface area contributed by atoms with E-state index in [0.717, 1.165) is 5.56 Å². The largest absolute Gasteiger partial charge is 0.390 e. The molecule has 0 aliphatic rings. The highest BCUT2D eigenvalue weighted by molar-refractivity contribution is 5.94. The third-order valence-corrected chi connectivity index (χ3v) is 2.78. The molecule has 2 atom stereocenters. The van der Waals surface area contributed by atoms with Crippen LogP contribution in [0.5, 0.6) is 0 Å². The molecule has 2 unspecified atom stereocenters. The van der Waals surface area contributed by atoms with Crippen molar-refractivity contribution in [1.82, 2.24) is 0 Å². The molecular formula is C13H17NO4. The van der Waals surface area contributed by atoms with Crippen LogP contribution in [-0.4, -0.2) is 28.0 Å². The van der Waals surface area contributed by atoms with E-state index in [1.165, 1.54) is 13.0 Å². The van der Waals surface area contributed by atoms with Crippen LogP contribution in [0, 0.1) is 6.92 Å². The van der Waals surface area contributed by atoms with Crippen LogP contribution in [0.2, 0.25) is 0 Å². The summed E-state index contributed by atoms with van der Waals surface area (Å²) in [6.07, 6.45) is -2.84. The van der Waals surface area contributed by atoms with E-state index in [9.17, 15) is 19.8 Å². The summed E-state index contributed by atoms with van der Waals surface area (Å²) in [7, 11) is 0. The first-order valence-corrected chi connectivity index (χ1v) is 5.59. The zero-order valence-corrected chi connectivity index (χ0v) is 10.4. The number of carbonyl (C=O) groups is 2. The standard InChI is InChI=1S/C13H17NO4/c1-7-3-4-9(8(2)15)5-10(7)13(18)11(16)6-12(14)17/h3-5,11,13,16,18H,6H2,1-2H3,(H2,14,17). The molecule has 98 valence electrons. The number of primary amides is 1. The number of benzene rings is 1. The van der Waals surface area contributed by atoms with Gasteiger partial charge in [-0.1, -0.05) is 12.1 Å². The van der Waals surface area contributed by atoms with Crippen LogP contribution in [0.25, 0.3) is 0 Å². The first-order chi connectivity index (χ1) is 8.32. The lowest BCUT2D eigenvalue weighted by Gasteiger charge is -2.19. The van der Waals surface area contributed by atoms with Gasteiger partial charge in [-0.25, -0.2) is 0 Å². The molecule has 4 N–H and O–H groups in total. The normalized spacial score (nSPS) is 14.0. The van der Waals surface area contributed by atoms with Gasteiger partial charge in [-0.3, -0.25) is 9.59 Å². The zero-order valence-electron chi connectivity index (χ0n) is 10.4. The molecule has 1 rings (SSSR count). The molecule has 0 spiro atoms. The number of amides is 1. The van der Waals surface area contributed by atoms with Crippen molar-refractivity contribution >= 4 is 11.7 Å². The van der Waals surface area contributed by atoms with Gasteiger partial charge in [0.1, 0.15) is 6.10 Å². The summed E-state index contributed by atoms with van der Waals surface area (Å²) >= 11 is 0. The number of Topliss-reactive ketones (excluding diaryl/α,β-unsaturated/α-hetero) is 1. The number of ketones is 1. The van der Waals surface area contributed by atoms with Gasteiger partial charge >= 0.3 is 0 Å². The van der Waals surface area contributed by atoms with Gasteiger partial charge in [-0.2, -0.15) is 0 Å². The van der Waals surface area contributed by atoms with Gasteiger partial charge in [-0.15, -0.1) is 0 Å². The van der Waals surface area contributed by atoms with Crippen LogP contribution in [0.4, 0.5) is 0 Å². The minimum Gasteiger partial charge on any atom is -0.390 e. The number of hydrogen-bond acceptors (Lipinski definition) is 4. The molecule has 1 aromatic carbocycles. The summed E-state index contributed by atoms with van der Waals surface area (Å²) < 4.78 is 0. The van der Waals surface area contributed by atoms with E-state index in [-0.39, 0.29) is 12.2 Å². The minimum absolute atomic E-state index is 0.132. The molecule has 0 aliphatic heterocycles. The second-order valence-electron chi connectivity index (χ2n) is 4.31. The second-order valence-corrected chi connectivity index (χ2v) is 4.31. The lowest BCUT2D eigenvalue weighted by Crippen LogP contribution is -2.26. The fourth-order valence-corrected chi connectivity index (χ4v) is 1.70. The molecule has 0 radical (unpaired) electrons. The Morgan fingerprint density at radius 1 is 1.33 bits per heavy atom. The maximum Gasteiger partial charge on any atom is 0.220 e. The van der Waals surface area contributed by atoms with Crippen molar-refractivity contribution in [1.29, 1.82) is 0 Å². The average molecular weight is 251 g/mol. The number of aliphatic hydroxyl groups excluding tert-OH is 2. The molecule has 5 heteroatoms. The zero-order chi connectivity index (χ0) is 13.9. The fourth-order valence-electron chi connectivity index (χ4n) is 1.70. The molecule has 0 bridgehead atoms. The Labute approximate surface area is 105 Å². The highest BCUT2D eigenvalue weighted by atomic mass is 16.3. The van der Waals surface area contributed by atoms with E-state index in [0.29, 0.717) is 11.1 Å². The molecule has 0 aromatic heterocycles. The van der Waals surface area contributed by atoms with Crippen LogP contribution in [-0.2, 0) is 4.79 Å². The Morgan fingerprint density at radius 2 is 1.94 bits per heavy atom. The predicted molar refractivity (Wildman–Crippen MR) is 66.0 cm³/mol. The highest BCUT2D eigenvalue weighted by Gasteiger charge is 2.22. The van der Waals surface area contributed by atoms with Crippen molar-refractivity contribution in [2.24, 2.45) is 5.73 Å². The maximum absolute atomic E-state index is 11.3. The summed E-state index contributed by atoms with van der Waals surface area (Å²) in [5.41, 5.74) is 6.57. The van der Waals surface area contributed by atoms with E-state index in [1.54, 1.807) is 19.1 Å². The van der Waals surface area contributed by atoms with Crippen molar-refractivity contribution in [2.45, 2.75) is 32.5 Å². The quantitative estimate of drug-likeness (QED) is 0.662. The molecule has 0 fully saturated rings. The van der Waals surface area contributed by atoms with Crippen LogP contribution in [0.1, 0.15) is 40.9 Å². The molecule has 1 aromatic rings. The van der Waals surface area contributed by atoms with E-state index in [2.05, 4.69) is 0 Å². The van der Waals surface area contributed by atoms with Crippen LogP contribution in [0.3, 0.4) is 0 Å². The smallest absolute Gasteiger partial charge is 0.220 e. The Balaban J connectivity index is 3.03. The molecule has 18 heavy (non-hydrogen) atoms. The Kier molecular flexibility index (Phi) is 4.58. The topological polar surface area (TPSA) is 101 Å². The summed E-state index contributed by atoms with van der Waals surface area (Å²) in [5.74, 6) is -0.824. The van der Waals surface area contributed by atoms with Gasteiger partial charge in [0.2, 0.25) is 5.91 Å². The van der Waals surface area contributed by atoms with Crippen LogP contribution >= 0.6 is 0 Å². The van der Waals surface area contributed by atoms with Gasteiger partial charge in [0.05, 0.1) is 12.5 Å². The van der Waals surface area contributed by atoms with Crippen molar-refractivity contribution in [3.05, 3.63) is 34.9 Å². The number of aliphatic hydroxyl groups is 2. The predicted octanol–water partition coefficient (Wildman–Crippen LogP) is 0.467. The number of carbonyl (C=O) groups excluding carboxylic acids is 2. The van der Waals surface area contributed by atoms with Gasteiger partial charge < -0.3 is 15.9 Å². The summed E-state index contributed by atoms with van der Waals surface area (Å²) in [4.78, 5) is 22.0. The van der Waals surface area contributed by atoms with Crippen molar-refractivity contribution in [2.75, 3.05) is 0 Å². The molecule has 0 saturated carbocycles. The summed E-state index contributed by atoms with van der Waals surface area (Å²) in [6.45, 7) is 3.17. The monoisotopic (exact) mass is 251 g/mol. The maximum atomic E-state index is 11.3. The number of hydrogen-bond donors (Lipinski definition) is 3. The highest BCUT2D eigenvalue weighted by Crippen LogP contribution is 2.23. The SMILES string of the molecule is CC(=O)c1ccc(C)c(C(O)C(O)CC(N)=O)c1. The third kappa shape index (κ3) is 3.38. The lowest BCUT2D eigenvalue weighted by molar-refractivity contribution is -0.121. The van der Waals surface area contributed by atoms with Crippen molar-refractivity contribution in [3.8, 4) is 0 Å². The van der Waals surface area contributed by atoms with Gasteiger partial charge in [0, 0.05) is 5.56 Å². The lowest BCUT2D eigenvalue weighted by atomic mass is 9.95. The third-order valence-electron chi connectivity index (χ3n) is 2.78. The van der Waals surface area contributed by atoms with Crippen LogP contribution in [0.15, 0.2) is 18.2 Å². The first-order valence-electron chi connectivity index (χ1n) is 5.59. The number of rotatable bonds is 5. The average Bonchev–Trinajstić information content (AvgIpc) is 2.27. The Morgan fingerprint density at radius 3 is 2.44 bits per heavy atom. The molecule has 0 aliphatic carbocycles. The number of aryl methyl sites for hydroxylation is 1. The summed E-state index contributed by atoms with van der Waals surface area (Å²) in [5, 5.41) is 19.6. The minimum atomic E-state index is -1.27. The molecule has 5 nitrogen and oxygen atoms in total. The molecule has 0 saturated heterocycles. The molecular weight excluding hydrogens is 234 g/mol. The van der Waals surface area contributed by atoms with Gasteiger partial charge in [-0.05, 0) is 31.0 Å². The molecule has 1 amide bonds. The van der Waals surface area contributed by atoms with Crippen LogP contribution < -0.4 is 5.73 Å². The van der Waals surface area contributed by atoms with E-state index in [1.807, 2.05) is 0 Å².